The zero-order chi connectivity index (χ0) is 13.0. The largest absolute Gasteiger partial charge is 0.381 e. The van der Waals surface area contributed by atoms with Gasteiger partial charge in [-0.1, -0.05) is 13.8 Å². The van der Waals surface area contributed by atoms with E-state index in [1.54, 1.807) is 0 Å². The molecule has 2 aliphatic rings. The van der Waals surface area contributed by atoms with Crippen LogP contribution in [-0.2, 0) is 4.74 Å². The standard InChI is InChI=1S/C15H30N2O/c1-4-16-10-15(7-9-18-12-15)11-17-8-5-6-13(2)14(17)3/h13-14,16H,4-12H2,1-3H3. The summed E-state index contributed by atoms with van der Waals surface area (Å²) >= 11 is 0. The zero-order valence-corrected chi connectivity index (χ0v) is 12.4. The number of hydrogen-bond acceptors (Lipinski definition) is 3. The van der Waals surface area contributed by atoms with Gasteiger partial charge in [0.2, 0.25) is 0 Å². The highest BCUT2D eigenvalue weighted by Gasteiger charge is 2.38. The third-order valence-corrected chi connectivity index (χ3v) is 4.98. The normalized spacial score (nSPS) is 38.2. The summed E-state index contributed by atoms with van der Waals surface area (Å²) in [7, 11) is 0. The van der Waals surface area contributed by atoms with E-state index in [0.29, 0.717) is 5.41 Å². The van der Waals surface area contributed by atoms with Crippen LogP contribution >= 0.6 is 0 Å². The lowest BCUT2D eigenvalue weighted by atomic mass is 9.83. The first-order chi connectivity index (χ1) is 8.67. The van der Waals surface area contributed by atoms with Gasteiger partial charge >= 0.3 is 0 Å². The Morgan fingerprint density at radius 1 is 1.39 bits per heavy atom. The summed E-state index contributed by atoms with van der Waals surface area (Å²) in [5, 5.41) is 3.54. The van der Waals surface area contributed by atoms with E-state index in [0.717, 1.165) is 38.3 Å². The maximum atomic E-state index is 5.69. The molecule has 18 heavy (non-hydrogen) atoms. The third kappa shape index (κ3) is 3.25. The third-order valence-electron chi connectivity index (χ3n) is 4.98. The Kier molecular flexibility index (Phi) is 5.05. The average Bonchev–Trinajstić information content (AvgIpc) is 2.82. The van der Waals surface area contributed by atoms with Crippen molar-refractivity contribution >= 4 is 0 Å². The smallest absolute Gasteiger partial charge is 0.0547 e. The Hall–Kier alpha value is -0.120. The van der Waals surface area contributed by atoms with Crippen molar-refractivity contribution in [2.45, 2.75) is 46.1 Å². The minimum absolute atomic E-state index is 0.362. The van der Waals surface area contributed by atoms with E-state index in [-0.39, 0.29) is 0 Å². The lowest BCUT2D eigenvalue weighted by Crippen LogP contribution is -2.51. The van der Waals surface area contributed by atoms with E-state index in [1.807, 2.05) is 0 Å². The van der Waals surface area contributed by atoms with E-state index in [2.05, 4.69) is 31.0 Å². The highest BCUT2D eigenvalue weighted by atomic mass is 16.5. The molecule has 0 amide bonds. The molecule has 3 unspecified atom stereocenters. The number of hydrogen-bond donors (Lipinski definition) is 1. The minimum Gasteiger partial charge on any atom is -0.381 e. The van der Waals surface area contributed by atoms with Crippen molar-refractivity contribution in [3.8, 4) is 0 Å². The summed E-state index contributed by atoms with van der Waals surface area (Å²) in [4.78, 5) is 2.71. The predicted molar refractivity (Wildman–Crippen MR) is 75.8 cm³/mol. The fourth-order valence-electron chi connectivity index (χ4n) is 3.43. The molecule has 2 aliphatic heterocycles. The Balaban J connectivity index is 1.95. The van der Waals surface area contributed by atoms with Crippen molar-refractivity contribution < 1.29 is 4.74 Å². The molecule has 3 atom stereocenters. The van der Waals surface area contributed by atoms with Gasteiger partial charge in [0, 0.05) is 31.2 Å². The molecular weight excluding hydrogens is 224 g/mol. The van der Waals surface area contributed by atoms with E-state index in [9.17, 15) is 0 Å². The monoisotopic (exact) mass is 254 g/mol. The second-order valence-corrected chi connectivity index (χ2v) is 6.41. The van der Waals surface area contributed by atoms with Crippen LogP contribution in [0.25, 0.3) is 0 Å². The highest BCUT2D eigenvalue weighted by Crippen LogP contribution is 2.32. The summed E-state index contributed by atoms with van der Waals surface area (Å²) in [6.07, 6.45) is 3.98. The number of likely N-dealkylation sites (tertiary alicyclic amines) is 1. The fraction of sp³-hybridized carbons (Fsp3) is 1.00. The van der Waals surface area contributed by atoms with Crippen molar-refractivity contribution in [2.24, 2.45) is 11.3 Å². The molecule has 0 aromatic carbocycles. The van der Waals surface area contributed by atoms with Crippen molar-refractivity contribution in [3.05, 3.63) is 0 Å². The van der Waals surface area contributed by atoms with Crippen LogP contribution in [0.5, 0.6) is 0 Å². The molecule has 0 bridgehead atoms. The topological polar surface area (TPSA) is 24.5 Å². The Labute approximate surface area is 112 Å². The molecule has 2 fully saturated rings. The molecule has 2 rings (SSSR count). The van der Waals surface area contributed by atoms with Crippen LogP contribution in [-0.4, -0.2) is 50.3 Å². The molecule has 0 radical (unpaired) electrons. The molecule has 3 heteroatoms. The van der Waals surface area contributed by atoms with Crippen molar-refractivity contribution in [1.82, 2.24) is 10.2 Å². The van der Waals surface area contributed by atoms with Gasteiger partial charge in [0.25, 0.3) is 0 Å². The maximum absolute atomic E-state index is 5.69. The summed E-state index contributed by atoms with van der Waals surface area (Å²) in [5.41, 5.74) is 0.362. The quantitative estimate of drug-likeness (QED) is 0.813. The molecule has 3 nitrogen and oxygen atoms in total. The van der Waals surface area contributed by atoms with E-state index >= 15 is 0 Å². The average molecular weight is 254 g/mol. The Bertz CT molecular complexity index is 251. The summed E-state index contributed by atoms with van der Waals surface area (Å²) in [5.74, 6) is 0.845. The maximum Gasteiger partial charge on any atom is 0.0547 e. The molecular formula is C15H30N2O. The molecule has 0 spiro atoms. The number of nitrogens with zero attached hydrogens (tertiary/aromatic N) is 1. The van der Waals surface area contributed by atoms with Gasteiger partial charge in [-0.15, -0.1) is 0 Å². The minimum atomic E-state index is 0.362. The van der Waals surface area contributed by atoms with Crippen LogP contribution < -0.4 is 5.32 Å². The van der Waals surface area contributed by atoms with Gasteiger partial charge in [0.1, 0.15) is 0 Å². The van der Waals surface area contributed by atoms with E-state index in [1.165, 1.54) is 32.4 Å². The van der Waals surface area contributed by atoms with Crippen LogP contribution in [0.4, 0.5) is 0 Å². The van der Waals surface area contributed by atoms with Crippen LogP contribution in [0, 0.1) is 11.3 Å². The van der Waals surface area contributed by atoms with Gasteiger partial charge in [-0.2, -0.15) is 0 Å². The van der Waals surface area contributed by atoms with Crippen LogP contribution in [0.2, 0.25) is 0 Å². The molecule has 0 aliphatic carbocycles. The van der Waals surface area contributed by atoms with E-state index in [4.69, 9.17) is 4.74 Å². The van der Waals surface area contributed by atoms with E-state index < -0.39 is 0 Å². The molecule has 2 saturated heterocycles. The van der Waals surface area contributed by atoms with Gasteiger partial charge in [0.05, 0.1) is 6.61 Å². The number of ether oxygens (including phenoxy) is 1. The molecule has 0 aromatic heterocycles. The lowest BCUT2D eigenvalue weighted by Gasteiger charge is -2.43. The number of rotatable bonds is 5. The Morgan fingerprint density at radius 2 is 2.22 bits per heavy atom. The second kappa shape index (κ2) is 6.36. The summed E-state index contributed by atoms with van der Waals surface area (Å²) in [6, 6.07) is 0.734. The van der Waals surface area contributed by atoms with Crippen molar-refractivity contribution in [1.29, 1.82) is 0 Å². The molecule has 1 N–H and O–H groups in total. The zero-order valence-electron chi connectivity index (χ0n) is 12.4. The Morgan fingerprint density at radius 3 is 2.89 bits per heavy atom. The van der Waals surface area contributed by atoms with Gasteiger partial charge in [-0.3, -0.25) is 4.90 Å². The second-order valence-electron chi connectivity index (χ2n) is 6.41. The molecule has 0 aromatic rings. The predicted octanol–water partition coefficient (Wildman–Crippen LogP) is 2.12. The first-order valence-corrected chi connectivity index (χ1v) is 7.69. The molecule has 2 heterocycles. The highest BCUT2D eigenvalue weighted by molar-refractivity contribution is 4.91. The lowest BCUT2D eigenvalue weighted by molar-refractivity contribution is 0.0500. The van der Waals surface area contributed by atoms with Crippen molar-refractivity contribution in [3.63, 3.8) is 0 Å². The van der Waals surface area contributed by atoms with Crippen LogP contribution in [0.1, 0.15) is 40.0 Å². The van der Waals surface area contributed by atoms with Crippen molar-refractivity contribution in [2.75, 3.05) is 39.4 Å². The van der Waals surface area contributed by atoms with Gasteiger partial charge < -0.3 is 10.1 Å². The summed E-state index contributed by atoms with van der Waals surface area (Å²) in [6.45, 7) is 13.6. The number of piperidine rings is 1. The first kappa shape index (κ1) is 14.3. The van der Waals surface area contributed by atoms with Gasteiger partial charge in [-0.25, -0.2) is 0 Å². The van der Waals surface area contributed by atoms with Crippen LogP contribution in [0.3, 0.4) is 0 Å². The fourth-order valence-corrected chi connectivity index (χ4v) is 3.43. The van der Waals surface area contributed by atoms with Gasteiger partial charge in [-0.05, 0) is 45.2 Å². The summed E-state index contributed by atoms with van der Waals surface area (Å²) < 4.78 is 5.69. The van der Waals surface area contributed by atoms with Gasteiger partial charge in [0.15, 0.2) is 0 Å². The first-order valence-electron chi connectivity index (χ1n) is 7.69. The molecule has 106 valence electrons. The SMILES string of the molecule is CCNCC1(CN2CCCC(C)C2C)CCOC1. The molecule has 0 saturated carbocycles. The van der Waals surface area contributed by atoms with Crippen LogP contribution in [0.15, 0.2) is 0 Å². The number of nitrogens with one attached hydrogen (secondary N) is 1.